The molecule has 112 valence electrons. The Morgan fingerprint density at radius 2 is 1.95 bits per heavy atom. The molecule has 1 aromatic heterocycles. The third kappa shape index (κ3) is 4.36. The van der Waals surface area contributed by atoms with Crippen LogP contribution in [-0.4, -0.2) is 16.1 Å². The number of nitrogens with one attached hydrogen (secondary N) is 1. The molecule has 2 aromatic rings. The summed E-state index contributed by atoms with van der Waals surface area (Å²) >= 11 is 1.46. The van der Waals surface area contributed by atoms with E-state index < -0.39 is 0 Å². The molecule has 0 aliphatic heterocycles. The molecule has 1 N–H and O–H groups in total. The molecule has 0 atom stereocenters. The number of anilines is 1. The smallest absolute Gasteiger partial charge is 0.226 e. The number of carbonyl (C=O) groups excluding carboxylic acids is 1. The van der Waals surface area contributed by atoms with Gasteiger partial charge in [-0.1, -0.05) is 62.4 Å². The average Bonchev–Trinajstić information content (AvgIpc) is 2.95. The highest BCUT2D eigenvalue weighted by Gasteiger charge is 2.23. The van der Waals surface area contributed by atoms with Crippen LogP contribution in [0, 0.1) is 0 Å². The molecule has 0 fully saturated rings. The van der Waals surface area contributed by atoms with Gasteiger partial charge in [0.15, 0.2) is 0 Å². The Morgan fingerprint density at radius 3 is 2.62 bits per heavy atom. The zero-order valence-electron chi connectivity index (χ0n) is 12.7. The van der Waals surface area contributed by atoms with Crippen LogP contribution in [0.5, 0.6) is 0 Å². The standard InChI is InChI=1S/C16H21N3OS/c1-4-16(2,3)14-18-19-15(21-14)17-13(20)11-10-12-8-6-5-7-9-12/h5-9H,4,10-11H2,1-3H3,(H,17,19,20). The second-order valence-electron chi connectivity index (χ2n) is 5.68. The van der Waals surface area contributed by atoms with Crippen LogP contribution in [0.15, 0.2) is 30.3 Å². The maximum atomic E-state index is 11.9. The molecule has 1 aromatic carbocycles. The summed E-state index contributed by atoms with van der Waals surface area (Å²) in [4.78, 5) is 11.9. The van der Waals surface area contributed by atoms with Gasteiger partial charge in [0.2, 0.25) is 11.0 Å². The van der Waals surface area contributed by atoms with Crippen LogP contribution in [0.25, 0.3) is 0 Å². The summed E-state index contributed by atoms with van der Waals surface area (Å²) in [5.41, 5.74) is 1.17. The van der Waals surface area contributed by atoms with Crippen molar-refractivity contribution in [3.63, 3.8) is 0 Å². The van der Waals surface area contributed by atoms with Gasteiger partial charge in [-0.25, -0.2) is 0 Å². The van der Waals surface area contributed by atoms with Crippen LogP contribution in [-0.2, 0) is 16.6 Å². The van der Waals surface area contributed by atoms with E-state index in [2.05, 4.69) is 36.3 Å². The topological polar surface area (TPSA) is 54.9 Å². The quantitative estimate of drug-likeness (QED) is 0.883. The maximum Gasteiger partial charge on any atom is 0.226 e. The number of aromatic nitrogens is 2. The van der Waals surface area contributed by atoms with Gasteiger partial charge in [0.05, 0.1) is 0 Å². The predicted octanol–water partition coefficient (Wildman–Crippen LogP) is 3.80. The van der Waals surface area contributed by atoms with Crippen LogP contribution in [0.3, 0.4) is 0 Å². The van der Waals surface area contributed by atoms with Crippen LogP contribution in [0.2, 0.25) is 0 Å². The molecular weight excluding hydrogens is 282 g/mol. The van der Waals surface area contributed by atoms with Crippen molar-refractivity contribution in [2.24, 2.45) is 0 Å². The highest BCUT2D eigenvalue weighted by molar-refractivity contribution is 7.15. The van der Waals surface area contributed by atoms with E-state index >= 15 is 0 Å². The zero-order valence-corrected chi connectivity index (χ0v) is 13.5. The van der Waals surface area contributed by atoms with Crippen molar-refractivity contribution in [1.29, 1.82) is 0 Å². The molecule has 4 nitrogen and oxygen atoms in total. The Hall–Kier alpha value is -1.75. The van der Waals surface area contributed by atoms with E-state index in [0.29, 0.717) is 11.6 Å². The van der Waals surface area contributed by atoms with Crippen LogP contribution < -0.4 is 5.32 Å². The summed E-state index contributed by atoms with van der Waals surface area (Å²) in [6.45, 7) is 6.39. The third-order valence-corrected chi connectivity index (χ3v) is 4.82. The number of hydrogen-bond donors (Lipinski definition) is 1. The number of nitrogens with zero attached hydrogens (tertiary/aromatic N) is 2. The van der Waals surface area contributed by atoms with Crippen molar-refractivity contribution in [2.75, 3.05) is 5.32 Å². The number of aryl methyl sites for hydroxylation is 1. The maximum absolute atomic E-state index is 11.9. The highest BCUT2D eigenvalue weighted by atomic mass is 32.1. The number of benzene rings is 1. The first-order valence-electron chi connectivity index (χ1n) is 7.19. The summed E-state index contributed by atoms with van der Waals surface area (Å²) in [6.07, 6.45) is 2.18. The lowest BCUT2D eigenvalue weighted by molar-refractivity contribution is -0.116. The first-order chi connectivity index (χ1) is 10.0. The van der Waals surface area contributed by atoms with Crippen molar-refractivity contribution in [3.8, 4) is 0 Å². The fourth-order valence-corrected chi connectivity index (χ4v) is 2.71. The minimum Gasteiger partial charge on any atom is -0.301 e. The fourth-order valence-electron chi connectivity index (χ4n) is 1.78. The monoisotopic (exact) mass is 303 g/mol. The Kier molecular flexibility index (Phi) is 5.07. The molecule has 0 radical (unpaired) electrons. The largest absolute Gasteiger partial charge is 0.301 e. The molecule has 21 heavy (non-hydrogen) atoms. The van der Waals surface area contributed by atoms with E-state index in [0.717, 1.165) is 23.4 Å². The first-order valence-corrected chi connectivity index (χ1v) is 8.00. The molecule has 0 bridgehead atoms. The molecule has 0 saturated carbocycles. The minimum atomic E-state index is -0.0177. The molecule has 0 unspecified atom stereocenters. The van der Waals surface area contributed by atoms with Crippen LogP contribution >= 0.6 is 11.3 Å². The van der Waals surface area contributed by atoms with Gasteiger partial charge in [0.1, 0.15) is 5.01 Å². The Labute approximate surface area is 129 Å². The second-order valence-corrected chi connectivity index (χ2v) is 6.66. The average molecular weight is 303 g/mol. The van der Waals surface area contributed by atoms with Crippen molar-refractivity contribution < 1.29 is 4.79 Å². The summed E-state index contributed by atoms with van der Waals surface area (Å²) in [5, 5.41) is 12.6. The molecule has 1 amide bonds. The van der Waals surface area contributed by atoms with Crippen LogP contribution in [0.4, 0.5) is 5.13 Å². The van der Waals surface area contributed by atoms with Gasteiger partial charge in [-0.2, -0.15) is 0 Å². The molecular formula is C16H21N3OS. The normalized spacial score (nSPS) is 11.4. The Bertz CT molecular complexity index is 593. The Balaban J connectivity index is 1.89. The molecule has 0 saturated heterocycles. The molecule has 5 heteroatoms. The van der Waals surface area contributed by atoms with Gasteiger partial charge in [-0.15, -0.1) is 10.2 Å². The molecule has 0 aliphatic carbocycles. The summed E-state index contributed by atoms with van der Waals surface area (Å²) in [7, 11) is 0. The van der Waals surface area contributed by atoms with Gasteiger partial charge >= 0.3 is 0 Å². The lowest BCUT2D eigenvalue weighted by Gasteiger charge is -2.17. The molecule has 1 heterocycles. The molecule has 0 aliphatic rings. The second kappa shape index (κ2) is 6.80. The van der Waals surface area contributed by atoms with Crippen molar-refractivity contribution in [1.82, 2.24) is 10.2 Å². The number of carbonyl (C=O) groups is 1. The van der Waals surface area contributed by atoms with E-state index in [-0.39, 0.29) is 11.3 Å². The Morgan fingerprint density at radius 1 is 1.24 bits per heavy atom. The van der Waals surface area contributed by atoms with Crippen molar-refractivity contribution in [2.45, 2.75) is 45.4 Å². The van der Waals surface area contributed by atoms with E-state index in [1.165, 1.54) is 11.3 Å². The van der Waals surface area contributed by atoms with E-state index in [9.17, 15) is 4.79 Å². The molecule has 2 rings (SSSR count). The summed E-state index contributed by atoms with van der Waals surface area (Å²) < 4.78 is 0. The third-order valence-electron chi connectivity index (χ3n) is 3.62. The SMILES string of the molecule is CCC(C)(C)c1nnc(NC(=O)CCc2ccccc2)s1. The highest BCUT2D eigenvalue weighted by Crippen LogP contribution is 2.30. The zero-order chi connectivity index (χ0) is 15.3. The van der Waals surface area contributed by atoms with Gasteiger partial charge in [0.25, 0.3) is 0 Å². The van der Waals surface area contributed by atoms with Crippen LogP contribution in [0.1, 0.15) is 44.2 Å². The molecule has 0 spiro atoms. The van der Waals surface area contributed by atoms with E-state index in [1.54, 1.807) is 0 Å². The van der Waals surface area contributed by atoms with Gasteiger partial charge in [-0.05, 0) is 18.4 Å². The lowest BCUT2D eigenvalue weighted by Crippen LogP contribution is -2.14. The fraction of sp³-hybridized carbons (Fsp3) is 0.438. The summed E-state index contributed by atoms with van der Waals surface area (Å²) in [5.74, 6) is -0.0177. The van der Waals surface area contributed by atoms with E-state index in [1.807, 2.05) is 30.3 Å². The predicted molar refractivity (Wildman–Crippen MR) is 86.6 cm³/mol. The number of amides is 1. The lowest BCUT2D eigenvalue weighted by atomic mass is 9.91. The number of hydrogen-bond acceptors (Lipinski definition) is 4. The van der Waals surface area contributed by atoms with E-state index in [4.69, 9.17) is 0 Å². The van der Waals surface area contributed by atoms with Gasteiger partial charge < -0.3 is 5.32 Å². The minimum absolute atomic E-state index is 0.00465. The summed E-state index contributed by atoms with van der Waals surface area (Å²) in [6, 6.07) is 10.00. The van der Waals surface area contributed by atoms with Crippen molar-refractivity contribution >= 4 is 22.4 Å². The first kappa shape index (κ1) is 15.6. The van der Waals surface area contributed by atoms with Gasteiger partial charge in [-0.3, -0.25) is 4.79 Å². The van der Waals surface area contributed by atoms with Gasteiger partial charge in [0, 0.05) is 11.8 Å². The number of rotatable bonds is 6. The van der Waals surface area contributed by atoms with Crippen molar-refractivity contribution in [3.05, 3.63) is 40.9 Å².